The van der Waals surface area contributed by atoms with E-state index in [4.69, 9.17) is 0 Å². The Bertz CT molecular complexity index is 980. The normalized spacial score (nSPS) is 11.5. The number of nitrogens with zero attached hydrogens (tertiary/aromatic N) is 3. The van der Waals surface area contributed by atoms with Crippen LogP contribution in [0.1, 0.15) is 31.2 Å². The van der Waals surface area contributed by atoms with Crippen molar-refractivity contribution in [3.8, 4) is 0 Å². The molecule has 0 amide bonds. The van der Waals surface area contributed by atoms with Crippen molar-refractivity contribution >= 4 is 55.6 Å². The average Bonchev–Trinajstić information content (AvgIpc) is 2.61. The van der Waals surface area contributed by atoms with Gasteiger partial charge in [-0.3, -0.25) is 4.79 Å². The van der Waals surface area contributed by atoms with E-state index in [2.05, 4.69) is 55.5 Å². The molecule has 0 spiro atoms. The lowest BCUT2D eigenvalue weighted by Crippen LogP contribution is -2.22. The van der Waals surface area contributed by atoms with Crippen molar-refractivity contribution in [3.05, 3.63) is 72.2 Å². The highest BCUT2D eigenvalue weighted by Gasteiger charge is 2.10. The van der Waals surface area contributed by atoms with E-state index in [-0.39, 0.29) is 5.56 Å². The number of halogens is 2. The largest absolute Gasteiger partial charge is 0.282 e. The summed E-state index contributed by atoms with van der Waals surface area (Å²) in [5.74, 6) is 0.698. The Morgan fingerprint density at radius 2 is 2.00 bits per heavy atom. The van der Waals surface area contributed by atoms with Crippen LogP contribution in [0.3, 0.4) is 0 Å². The predicted molar refractivity (Wildman–Crippen MR) is 114 cm³/mol. The van der Waals surface area contributed by atoms with Gasteiger partial charge in [0.05, 0.1) is 17.1 Å². The van der Waals surface area contributed by atoms with Gasteiger partial charge in [0.2, 0.25) is 0 Å². The molecule has 3 aromatic rings. The maximum absolute atomic E-state index is 12.9. The molecule has 0 bridgehead atoms. The highest BCUT2D eigenvalue weighted by atomic mass is 127. The Hall–Kier alpha value is -1.54. The first-order valence-corrected chi connectivity index (χ1v) is 9.97. The summed E-state index contributed by atoms with van der Waals surface area (Å²) in [7, 11) is 0. The molecule has 0 saturated heterocycles. The standard InChI is InChI=1S/C19H17BrIN3O/c1-2-3-4-18-23-17-10-7-14(20)11-16(17)19(25)24(18)22-12-13-5-8-15(21)9-6-13/h5-12H,2-4H2,1H3. The minimum absolute atomic E-state index is 0.140. The molecule has 0 aliphatic heterocycles. The van der Waals surface area contributed by atoms with Gasteiger partial charge >= 0.3 is 0 Å². The molecule has 0 atom stereocenters. The van der Waals surface area contributed by atoms with E-state index in [1.165, 1.54) is 4.68 Å². The molecule has 25 heavy (non-hydrogen) atoms. The molecule has 2 aromatic carbocycles. The van der Waals surface area contributed by atoms with Crippen LogP contribution in [-0.4, -0.2) is 15.9 Å². The van der Waals surface area contributed by atoms with Gasteiger partial charge in [0.25, 0.3) is 5.56 Å². The van der Waals surface area contributed by atoms with Crippen molar-refractivity contribution in [2.24, 2.45) is 5.10 Å². The van der Waals surface area contributed by atoms with Crippen LogP contribution in [0.15, 0.2) is 56.8 Å². The van der Waals surface area contributed by atoms with E-state index in [0.29, 0.717) is 16.7 Å². The summed E-state index contributed by atoms with van der Waals surface area (Å²) in [5.41, 5.74) is 1.52. The lowest BCUT2D eigenvalue weighted by Gasteiger charge is -2.09. The fraction of sp³-hybridized carbons (Fsp3) is 0.211. The number of hydrogen-bond acceptors (Lipinski definition) is 3. The molecule has 0 unspecified atom stereocenters. The van der Waals surface area contributed by atoms with Gasteiger partial charge in [0.1, 0.15) is 5.82 Å². The fourth-order valence-corrected chi connectivity index (χ4v) is 3.20. The van der Waals surface area contributed by atoms with E-state index in [9.17, 15) is 4.79 Å². The summed E-state index contributed by atoms with van der Waals surface area (Å²) < 4.78 is 3.45. The number of hydrogen-bond donors (Lipinski definition) is 0. The number of fused-ring (bicyclic) bond motifs is 1. The van der Waals surface area contributed by atoms with Crippen molar-refractivity contribution in [1.29, 1.82) is 0 Å². The van der Waals surface area contributed by atoms with Gasteiger partial charge < -0.3 is 0 Å². The summed E-state index contributed by atoms with van der Waals surface area (Å²) in [6.45, 7) is 2.12. The molecule has 0 aliphatic rings. The third-order valence-corrected chi connectivity index (χ3v) is 5.03. The summed E-state index contributed by atoms with van der Waals surface area (Å²) in [6.07, 6.45) is 4.43. The average molecular weight is 510 g/mol. The second-order valence-electron chi connectivity index (χ2n) is 5.71. The van der Waals surface area contributed by atoms with Crippen LogP contribution in [0.25, 0.3) is 10.9 Å². The molecule has 0 N–H and O–H groups in total. The molecule has 4 nitrogen and oxygen atoms in total. The maximum Gasteiger partial charge on any atom is 0.282 e. The summed E-state index contributed by atoms with van der Waals surface area (Å²) in [4.78, 5) is 17.6. The van der Waals surface area contributed by atoms with E-state index in [1.54, 1.807) is 12.3 Å². The Kier molecular flexibility index (Phi) is 6.01. The van der Waals surface area contributed by atoms with Crippen LogP contribution < -0.4 is 5.56 Å². The van der Waals surface area contributed by atoms with Crippen LogP contribution in [0.2, 0.25) is 0 Å². The number of aromatic nitrogens is 2. The van der Waals surface area contributed by atoms with E-state index in [1.807, 2.05) is 36.4 Å². The third-order valence-electron chi connectivity index (χ3n) is 3.82. The van der Waals surface area contributed by atoms with Gasteiger partial charge in [-0.25, -0.2) is 4.98 Å². The highest BCUT2D eigenvalue weighted by Crippen LogP contribution is 2.16. The minimum atomic E-state index is -0.140. The van der Waals surface area contributed by atoms with E-state index in [0.717, 1.165) is 32.9 Å². The van der Waals surface area contributed by atoms with Crippen molar-refractivity contribution in [2.75, 3.05) is 0 Å². The van der Waals surface area contributed by atoms with Gasteiger partial charge in [0, 0.05) is 14.5 Å². The van der Waals surface area contributed by atoms with E-state index >= 15 is 0 Å². The summed E-state index contributed by atoms with van der Waals surface area (Å²) in [6, 6.07) is 13.5. The summed E-state index contributed by atoms with van der Waals surface area (Å²) in [5, 5.41) is 5.00. The molecule has 0 aliphatic carbocycles. The van der Waals surface area contributed by atoms with Gasteiger partial charge in [-0.15, -0.1) is 0 Å². The number of aryl methyl sites for hydroxylation is 1. The monoisotopic (exact) mass is 509 g/mol. The van der Waals surface area contributed by atoms with Crippen molar-refractivity contribution in [1.82, 2.24) is 9.66 Å². The zero-order valence-corrected chi connectivity index (χ0v) is 17.5. The van der Waals surface area contributed by atoms with Gasteiger partial charge in [0.15, 0.2) is 0 Å². The zero-order valence-electron chi connectivity index (χ0n) is 13.7. The molecule has 3 rings (SSSR count). The molecule has 0 radical (unpaired) electrons. The highest BCUT2D eigenvalue weighted by molar-refractivity contribution is 14.1. The second kappa shape index (κ2) is 8.23. The lowest BCUT2D eigenvalue weighted by atomic mass is 10.2. The fourth-order valence-electron chi connectivity index (χ4n) is 2.48. The van der Waals surface area contributed by atoms with Gasteiger partial charge in [-0.05, 0) is 64.9 Å². The van der Waals surface area contributed by atoms with Crippen LogP contribution in [0.4, 0.5) is 0 Å². The first-order valence-electron chi connectivity index (χ1n) is 8.09. The number of rotatable bonds is 5. The summed E-state index contributed by atoms with van der Waals surface area (Å²) >= 11 is 5.68. The topological polar surface area (TPSA) is 47.2 Å². The smallest absolute Gasteiger partial charge is 0.267 e. The Morgan fingerprint density at radius 3 is 2.72 bits per heavy atom. The Labute approximate surface area is 168 Å². The van der Waals surface area contributed by atoms with Crippen molar-refractivity contribution < 1.29 is 0 Å². The van der Waals surface area contributed by atoms with E-state index < -0.39 is 0 Å². The molecule has 1 aromatic heterocycles. The second-order valence-corrected chi connectivity index (χ2v) is 7.87. The van der Waals surface area contributed by atoms with Crippen molar-refractivity contribution in [2.45, 2.75) is 26.2 Å². The maximum atomic E-state index is 12.9. The minimum Gasteiger partial charge on any atom is -0.267 e. The lowest BCUT2D eigenvalue weighted by molar-refractivity contribution is 0.675. The molecule has 6 heteroatoms. The van der Waals surface area contributed by atoms with Crippen LogP contribution in [0.5, 0.6) is 0 Å². The van der Waals surface area contributed by atoms with Gasteiger partial charge in [-0.2, -0.15) is 9.78 Å². The molecular formula is C19H17BrIN3O. The van der Waals surface area contributed by atoms with Crippen LogP contribution in [0, 0.1) is 3.57 Å². The predicted octanol–water partition coefficient (Wildman–Crippen LogP) is 4.99. The number of benzene rings is 2. The Balaban J connectivity index is 2.11. The molecule has 0 fully saturated rings. The molecule has 128 valence electrons. The van der Waals surface area contributed by atoms with Gasteiger partial charge in [-0.1, -0.05) is 41.4 Å². The first-order chi connectivity index (χ1) is 12.1. The zero-order chi connectivity index (χ0) is 17.8. The number of unbranched alkanes of at least 4 members (excludes halogenated alkanes) is 1. The van der Waals surface area contributed by atoms with Crippen molar-refractivity contribution in [3.63, 3.8) is 0 Å². The molecule has 1 heterocycles. The third kappa shape index (κ3) is 4.36. The Morgan fingerprint density at radius 1 is 1.24 bits per heavy atom. The SMILES string of the molecule is CCCCc1nc2ccc(Br)cc2c(=O)n1N=Cc1ccc(I)cc1. The molecule has 0 saturated carbocycles. The first kappa shape index (κ1) is 18.3. The quantitative estimate of drug-likeness (QED) is 0.359. The van der Waals surface area contributed by atoms with Crippen LogP contribution in [-0.2, 0) is 6.42 Å². The molecular weight excluding hydrogens is 493 g/mol. The van der Waals surface area contributed by atoms with Crippen LogP contribution >= 0.6 is 38.5 Å².